The third-order valence-electron chi connectivity index (χ3n) is 4.17. The highest BCUT2D eigenvalue weighted by atomic mass is 35.5. The van der Waals surface area contributed by atoms with Crippen LogP contribution in [0.25, 0.3) is 0 Å². The Balaban J connectivity index is 1.67. The maximum Gasteiger partial charge on any atom is 0.280 e. The lowest BCUT2D eigenvalue weighted by atomic mass is 10.2. The van der Waals surface area contributed by atoms with Crippen LogP contribution in [-0.2, 0) is 16.6 Å². The molecule has 0 amide bonds. The van der Waals surface area contributed by atoms with Gasteiger partial charge in [-0.2, -0.15) is 18.4 Å². The predicted octanol–water partition coefficient (Wildman–Crippen LogP) is 4.55. The van der Waals surface area contributed by atoms with E-state index in [0.29, 0.717) is 22.9 Å². The van der Waals surface area contributed by atoms with E-state index in [1.807, 2.05) is 18.2 Å². The molecule has 0 unspecified atom stereocenters. The van der Waals surface area contributed by atoms with E-state index in [0.717, 1.165) is 11.1 Å². The van der Waals surface area contributed by atoms with Gasteiger partial charge in [-0.25, -0.2) is 0 Å². The van der Waals surface area contributed by atoms with Crippen molar-refractivity contribution < 1.29 is 17.9 Å². The van der Waals surface area contributed by atoms with Crippen molar-refractivity contribution in [1.29, 1.82) is 0 Å². The number of rotatable bonds is 8. The van der Waals surface area contributed by atoms with E-state index >= 15 is 0 Å². The zero-order valence-corrected chi connectivity index (χ0v) is 18.1. The monoisotopic (exact) mass is 444 g/mol. The molecule has 0 radical (unpaired) electrons. The van der Waals surface area contributed by atoms with E-state index in [9.17, 15) is 8.42 Å². The summed E-state index contributed by atoms with van der Waals surface area (Å²) >= 11 is 5.88. The van der Waals surface area contributed by atoms with Crippen LogP contribution in [0, 0.1) is 6.92 Å². The fraction of sp³-hybridized carbons (Fsp3) is 0.136. The molecule has 0 heterocycles. The van der Waals surface area contributed by atoms with Crippen molar-refractivity contribution in [2.24, 2.45) is 5.10 Å². The quantitative estimate of drug-likeness (QED) is 0.408. The van der Waals surface area contributed by atoms with Gasteiger partial charge in [0.15, 0.2) is 0 Å². The lowest BCUT2D eigenvalue weighted by Crippen LogP contribution is -2.19. The highest BCUT2D eigenvalue weighted by Crippen LogP contribution is 2.24. The van der Waals surface area contributed by atoms with Gasteiger partial charge in [0.2, 0.25) is 0 Å². The van der Waals surface area contributed by atoms with Gasteiger partial charge >= 0.3 is 0 Å². The van der Waals surface area contributed by atoms with Crippen LogP contribution >= 0.6 is 11.6 Å². The number of hydrazone groups is 1. The second kappa shape index (κ2) is 9.65. The number of methoxy groups -OCH3 is 1. The van der Waals surface area contributed by atoms with E-state index in [1.54, 1.807) is 49.4 Å². The van der Waals surface area contributed by atoms with Crippen molar-refractivity contribution >= 4 is 27.8 Å². The second-order valence-electron chi connectivity index (χ2n) is 6.49. The third kappa shape index (κ3) is 5.75. The third-order valence-corrected chi connectivity index (χ3v) is 5.67. The second-order valence-corrected chi connectivity index (χ2v) is 8.56. The molecule has 0 spiro atoms. The molecule has 0 aliphatic carbocycles. The standard InChI is InChI=1S/C22H21ClN2O4S/c1-16-6-11-21(28-2)22(12-16)30(26,27)25-24-14-18-4-3-5-20(13-18)29-15-17-7-9-19(23)10-8-17/h3-14,25H,15H2,1-2H3/b24-14+. The fourth-order valence-corrected chi connectivity index (χ4v) is 3.82. The SMILES string of the molecule is COc1ccc(C)cc1S(=O)(=O)N/N=C/c1cccc(OCc2ccc(Cl)cc2)c1. The first kappa shape index (κ1) is 21.7. The Hall–Kier alpha value is -3.03. The molecule has 3 rings (SSSR count). The highest BCUT2D eigenvalue weighted by Gasteiger charge is 2.18. The number of ether oxygens (including phenoxy) is 2. The number of sulfonamides is 1. The Morgan fingerprint density at radius 1 is 1.07 bits per heavy atom. The largest absolute Gasteiger partial charge is 0.495 e. The number of hydrogen-bond acceptors (Lipinski definition) is 5. The van der Waals surface area contributed by atoms with Crippen molar-refractivity contribution in [1.82, 2.24) is 4.83 Å². The first-order valence-electron chi connectivity index (χ1n) is 9.04. The molecule has 1 N–H and O–H groups in total. The number of aryl methyl sites for hydroxylation is 1. The lowest BCUT2D eigenvalue weighted by Gasteiger charge is -2.09. The molecule has 156 valence electrons. The van der Waals surface area contributed by atoms with Crippen LogP contribution in [0.4, 0.5) is 0 Å². The van der Waals surface area contributed by atoms with E-state index in [-0.39, 0.29) is 10.6 Å². The number of halogens is 1. The van der Waals surface area contributed by atoms with Gasteiger partial charge in [0.05, 0.1) is 13.3 Å². The van der Waals surface area contributed by atoms with Crippen LogP contribution in [0.3, 0.4) is 0 Å². The minimum Gasteiger partial charge on any atom is -0.495 e. The Morgan fingerprint density at radius 2 is 1.83 bits per heavy atom. The van der Waals surface area contributed by atoms with Crippen molar-refractivity contribution in [3.8, 4) is 11.5 Å². The van der Waals surface area contributed by atoms with E-state index in [4.69, 9.17) is 21.1 Å². The van der Waals surface area contributed by atoms with Gasteiger partial charge in [-0.1, -0.05) is 41.9 Å². The summed E-state index contributed by atoms with van der Waals surface area (Å²) in [5.74, 6) is 0.887. The fourth-order valence-electron chi connectivity index (χ4n) is 2.65. The summed E-state index contributed by atoms with van der Waals surface area (Å²) in [6.45, 7) is 2.19. The molecule has 0 aliphatic heterocycles. The van der Waals surface area contributed by atoms with Gasteiger partial charge in [0.1, 0.15) is 23.0 Å². The van der Waals surface area contributed by atoms with Crippen LogP contribution in [-0.4, -0.2) is 21.7 Å². The van der Waals surface area contributed by atoms with Gasteiger partial charge < -0.3 is 9.47 Å². The summed E-state index contributed by atoms with van der Waals surface area (Å²) in [6, 6.07) is 19.5. The van der Waals surface area contributed by atoms with Crippen LogP contribution in [0.15, 0.2) is 76.7 Å². The normalized spacial score (nSPS) is 11.4. The van der Waals surface area contributed by atoms with Gasteiger partial charge in [0.25, 0.3) is 10.0 Å². The van der Waals surface area contributed by atoms with Crippen LogP contribution in [0.1, 0.15) is 16.7 Å². The number of nitrogens with zero attached hydrogens (tertiary/aromatic N) is 1. The zero-order valence-electron chi connectivity index (χ0n) is 16.5. The van der Waals surface area contributed by atoms with E-state index in [2.05, 4.69) is 9.93 Å². The Labute approximate surface area is 181 Å². The van der Waals surface area contributed by atoms with Gasteiger partial charge in [-0.15, -0.1) is 0 Å². The molecule has 0 saturated heterocycles. The minimum absolute atomic E-state index is 0.0298. The first-order chi connectivity index (χ1) is 14.4. The summed E-state index contributed by atoms with van der Waals surface area (Å²) in [5, 5.41) is 4.54. The highest BCUT2D eigenvalue weighted by molar-refractivity contribution is 7.89. The summed E-state index contributed by atoms with van der Waals surface area (Å²) in [7, 11) is -2.45. The predicted molar refractivity (Wildman–Crippen MR) is 118 cm³/mol. The molecule has 3 aromatic carbocycles. The van der Waals surface area contributed by atoms with Crippen molar-refractivity contribution in [3.05, 3.63) is 88.4 Å². The van der Waals surface area contributed by atoms with Gasteiger partial charge in [0, 0.05) is 5.02 Å². The van der Waals surface area contributed by atoms with Crippen LogP contribution < -0.4 is 14.3 Å². The number of nitrogens with one attached hydrogen (secondary N) is 1. The summed E-state index contributed by atoms with van der Waals surface area (Å²) in [6.07, 6.45) is 1.41. The molecule has 0 atom stereocenters. The van der Waals surface area contributed by atoms with Crippen molar-refractivity contribution in [2.75, 3.05) is 7.11 Å². The molecule has 0 bridgehead atoms. The maximum absolute atomic E-state index is 12.6. The summed E-state index contributed by atoms with van der Waals surface area (Å²) < 4.78 is 36.0. The summed E-state index contributed by atoms with van der Waals surface area (Å²) in [4.78, 5) is 2.25. The average molecular weight is 445 g/mol. The number of hydrogen-bond donors (Lipinski definition) is 1. The van der Waals surface area contributed by atoms with Crippen molar-refractivity contribution in [2.45, 2.75) is 18.4 Å². The first-order valence-corrected chi connectivity index (χ1v) is 10.9. The molecule has 0 fully saturated rings. The molecule has 0 saturated carbocycles. The Bertz CT molecular complexity index is 1150. The molecule has 0 aliphatic rings. The van der Waals surface area contributed by atoms with Crippen LogP contribution in [0.5, 0.6) is 11.5 Å². The van der Waals surface area contributed by atoms with Crippen molar-refractivity contribution in [3.63, 3.8) is 0 Å². The summed E-state index contributed by atoms with van der Waals surface area (Å²) in [5.41, 5.74) is 2.46. The molecule has 0 aromatic heterocycles. The molecular weight excluding hydrogens is 424 g/mol. The molecular formula is C22H21ClN2O4S. The Kier molecular flexibility index (Phi) is 6.97. The topological polar surface area (TPSA) is 77.0 Å². The molecule has 8 heteroatoms. The smallest absolute Gasteiger partial charge is 0.280 e. The van der Waals surface area contributed by atoms with Crippen LogP contribution in [0.2, 0.25) is 5.02 Å². The molecule has 3 aromatic rings. The lowest BCUT2D eigenvalue weighted by molar-refractivity contribution is 0.306. The number of benzene rings is 3. The minimum atomic E-state index is -3.87. The maximum atomic E-state index is 12.6. The Morgan fingerprint density at radius 3 is 2.57 bits per heavy atom. The van der Waals surface area contributed by atoms with Gasteiger partial charge in [-0.05, 0) is 60.0 Å². The van der Waals surface area contributed by atoms with Gasteiger partial charge in [-0.3, -0.25) is 0 Å². The zero-order chi connectivity index (χ0) is 21.6. The van der Waals surface area contributed by atoms with E-state index < -0.39 is 10.0 Å². The van der Waals surface area contributed by atoms with E-state index in [1.165, 1.54) is 19.4 Å². The molecule has 30 heavy (non-hydrogen) atoms. The molecule has 6 nitrogen and oxygen atoms in total. The average Bonchev–Trinajstić information content (AvgIpc) is 2.73.